The van der Waals surface area contributed by atoms with Crippen molar-refractivity contribution in [1.82, 2.24) is 9.88 Å². The van der Waals surface area contributed by atoms with Gasteiger partial charge in [-0.1, -0.05) is 35.9 Å². The Morgan fingerprint density at radius 2 is 1.93 bits per heavy atom. The zero-order valence-electron chi connectivity index (χ0n) is 15.6. The first kappa shape index (κ1) is 17.9. The lowest BCUT2D eigenvalue weighted by Crippen LogP contribution is -2.38. The number of rotatable bonds is 3. The van der Waals surface area contributed by atoms with Gasteiger partial charge in [0.25, 0.3) is 5.91 Å². The Morgan fingerprint density at radius 3 is 2.67 bits per heavy atom. The molecule has 4 rings (SSSR count). The number of nitrogens with one attached hydrogen (secondary N) is 1. The van der Waals surface area contributed by atoms with Crippen LogP contribution in [0.2, 0.25) is 5.02 Å². The highest BCUT2D eigenvalue weighted by Crippen LogP contribution is 2.35. The summed E-state index contributed by atoms with van der Waals surface area (Å²) in [6.07, 6.45) is 1.89. The van der Waals surface area contributed by atoms with E-state index in [1.165, 1.54) is 5.56 Å². The third kappa shape index (κ3) is 3.30. The van der Waals surface area contributed by atoms with E-state index >= 15 is 0 Å². The molecule has 1 aromatic heterocycles. The van der Waals surface area contributed by atoms with Gasteiger partial charge >= 0.3 is 0 Å². The molecule has 4 nitrogen and oxygen atoms in total. The molecule has 5 heteroatoms. The van der Waals surface area contributed by atoms with Gasteiger partial charge in [0.1, 0.15) is 5.75 Å². The van der Waals surface area contributed by atoms with Crippen molar-refractivity contribution in [3.05, 3.63) is 64.3 Å². The van der Waals surface area contributed by atoms with Gasteiger partial charge in [-0.15, -0.1) is 0 Å². The van der Waals surface area contributed by atoms with Crippen LogP contribution in [0.4, 0.5) is 0 Å². The molecule has 1 saturated heterocycles. The van der Waals surface area contributed by atoms with Crippen molar-refractivity contribution >= 4 is 28.4 Å². The standard InChI is InChI=1S/C22H23ClN2O2/c1-14-21(18-8-7-16(23)13-19(18)24-14)22(26)25-11-9-15(10-12-25)17-5-3-4-6-20(17)27-2/h3-8,13,15,24H,9-12H2,1-2H3. The number of methoxy groups -OCH3 is 1. The molecular weight excluding hydrogens is 360 g/mol. The fourth-order valence-corrected chi connectivity index (χ4v) is 4.31. The van der Waals surface area contributed by atoms with Crippen molar-refractivity contribution in [3.8, 4) is 5.75 Å². The number of carbonyl (C=O) groups excluding carboxylic acids is 1. The minimum atomic E-state index is 0.0968. The molecule has 1 fully saturated rings. The van der Waals surface area contributed by atoms with Crippen LogP contribution >= 0.6 is 11.6 Å². The Hall–Kier alpha value is -2.46. The molecule has 0 unspecified atom stereocenters. The van der Waals surface area contributed by atoms with Crippen LogP contribution in [0.15, 0.2) is 42.5 Å². The highest BCUT2D eigenvalue weighted by molar-refractivity contribution is 6.31. The van der Waals surface area contributed by atoms with Crippen molar-refractivity contribution in [3.63, 3.8) is 0 Å². The Bertz CT molecular complexity index is 987. The largest absolute Gasteiger partial charge is 0.496 e. The topological polar surface area (TPSA) is 45.3 Å². The minimum absolute atomic E-state index is 0.0968. The Kier molecular flexibility index (Phi) is 4.83. The fraction of sp³-hybridized carbons (Fsp3) is 0.318. The number of H-pyrrole nitrogens is 1. The molecule has 0 aliphatic carbocycles. The molecule has 1 aliphatic heterocycles. The molecule has 1 aliphatic rings. The second-order valence-corrected chi connectivity index (χ2v) is 7.56. The third-order valence-electron chi connectivity index (χ3n) is 5.52. The molecule has 3 aromatic rings. The number of aromatic amines is 1. The van der Waals surface area contributed by atoms with E-state index in [4.69, 9.17) is 16.3 Å². The van der Waals surface area contributed by atoms with E-state index in [2.05, 4.69) is 17.1 Å². The van der Waals surface area contributed by atoms with E-state index in [-0.39, 0.29) is 5.91 Å². The normalized spacial score (nSPS) is 15.3. The van der Waals surface area contributed by atoms with Crippen LogP contribution in [0.1, 0.15) is 40.4 Å². The zero-order valence-corrected chi connectivity index (χ0v) is 16.3. The SMILES string of the molecule is COc1ccccc1C1CCN(C(=O)c2c(C)[nH]c3cc(Cl)ccc23)CC1. The molecule has 27 heavy (non-hydrogen) atoms. The number of nitrogens with zero attached hydrogens (tertiary/aromatic N) is 1. The van der Waals surface area contributed by atoms with Gasteiger partial charge in [-0.3, -0.25) is 4.79 Å². The Labute approximate surface area is 164 Å². The van der Waals surface area contributed by atoms with Gasteiger partial charge in [0.2, 0.25) is 0 Å². The smallest absolute Gasteiger partial charge is 0.256 e. The van der Waals surface area contributed by atoms with E-state index in [0.29, 0.717) is 10.9 Å². The molecule has 0 radical (unpaired) electrons. The van der Waals surface area contributed by atoms with Crippen LogP contribution in [0, 0.1) is 6.92 Å². The van der Waals surface area contributed by atoms with E-state index in [0.717, 1.165) is 53.8 Å². The molecule has 0 atom stereocenters. The second kappa shape index (κ2) is 7.28. The van der Waals surface area contributed by atoms with Gasteiger partial charge in [0.05, 0.1) is 12.7 Å². The van der Waals surface area contributed by atoms with Crippen LogP contribution < -0.4 is 4.74 Å². The molecule has 0 saturated carbocycles. The molecule has 140 valence electrons. The maximum atomic E-state index is 13.2. The summed E-state index contributed by atoms with van der Waals surface area (Å²) in [5.41, 5.74) is 3.80. The Morgan fingerprint density at radius 1 is 1.19 bits per heavy atom. The average Bonchev–Trinajstić information content (AvgIpc) is 3.02. The van der Waals surface area contributed by atoms with Crippen molar-refractivity contribution < 1.29 is 9.53 Å². The van der Waals surface area contributed by atoms with Crippen LogP contribution in [0.3, 0.4) is 0 Å². The van der Waals surface area contributed by atoms with Crippen molar-refractivity contribution in [2.45, 2.75) is 25.7 Å². The fourth-order valence-electron chi connectivity index (χ4n) is 4.14. The number of hydrogen-bond acceptors (Lipinski definition) is 2. The van der Waals surface area contributed by atoms with Crippen LogP contribution in [0.25, 0.3) is 10.9 Å². The number of para-hydroxylation sites is 1. The summed E-state index contributed by atoms with van der Waals surface area (Å²) >= 11 is 6.08. The van der Waals surface area contributed by atoms with E-state index in [9.17, 15) is 4.79 Å². The molecular formula is C22H23ClN2O2. The Balaban J connectivity index is 1.53. The van der Waals surface area contributed by atoms with Gasteiger partial charge in [0.15, 0.2) is 0 Å². The summed E-state index contributed by atoms with van der Waals surface area (Å²) in [7, 11) is 1.71. The molecule has 1 N–H and O–H groups in total. The summed E-state index contributed by atoms with van der Waals surface area (Å²) in [4.78, 5) is 18.5. The van der Waals surface area contributed by atoms with Crippen molar-refractivity contribution in [2.75, 3.05) is 20.2 Å². The number of hydrogen-bond donors (Lipinski definition) is 1. The predicted octanol–water partition coefficient (Wildman–Crippen LogP) is 5.16. The third-order valence-corrected chi connectivity index (χ3v) is 5.76. The van der Waals surface area contributed by atoms with E-state index in [1.807, 2.05) is 42.2 Å². The van der Waals surface area contributed by atoms with Crippen molar-refractivity contribution in [1.29, 1.82) is 0 Å². The van der Waals surface area contributed by atoms with Gasteiger partial charge in [-0.05, 0) is 49.4 Å². The lowest BCUT2D eigenvalue weighted by Gasteiger charge is -2.33. The lowest BCUT2D eigenvalue weighted by molar-refractivity contribution is 0.0714. The van der Waals surface area contributed by atoms with Gasteiger partial charge in [0, 0.05) is 34.7 Å². The highest BCUT2D eigenvalue weighted by Gasteiger charge is 2.28. The molecule has 2 aromatic carbocycles. The maximum Gasteiger partial charge on any atom is 0.256 e. The van der Waals surface area contributed by atoms with Gasteiger partial charge < -0.3 is 14.6 Å². The molecule has 2 heterocycles. The number of aromatic nitrogens is 1. The number of halogens is 1. The average molecular weight is 383 g/mol. The highest BCUT2D eigenvalue weighted by atomic mass is 35.5. The number of amides is 1. The first-order valence-electron chi connectivity index (χ1n) is 9.28. The number of fused-ring (bicyclic) bond motifs is 1. The molecule has 0 bridgehead atoms. The summed E-state index contributed by atoms with van der Waals surface area (Å²) in [6, 6.07) is 13.8. The number of benzene rings is 2. The zero-order chi connectivity index (χ0) is 19.0. The van der Waals surface area contributed by atoms with Crippen LogP contribution in [-0.2, 0) is 0 Å². The number of likely N-dealkylation sites (tertiary alicyclic amines) is 1. The quantitative estimate of drug-likeness (QED) is 0.680. The summed E-state index contributed by atoms with van der Waals surface area (Å²) < 4.78 is 5.51. The number of ether oxygens (including phenoxy) is 1. The molecule has 0 spiro atoms. The number of piperidine rings is 1. The number of carbonyl (C=O) groups is 1. The van der Waals surface area contributed by atoms with E-state index in [1.54, 1.807) is 7.11 Å². The maximum absolute atomic E-state index is 13.2. The first-order chi connectivity index (χ1) is 13.1. The summed E-state index contributed by atoms with van der Waals surface area (Å²) in [5.74, 6) is 1.46. The second-order valence-electron chi connectivity index (χ2n) is 7.12. The predicted molar refractivity (Wildman–Crippen MR) is 109 cm³/mol. The van der Waals surface area contributed by atoms with Crippen molar-refractivity contribution in [2.24, 2.45) is 0 Å². The van der Waals surface area contributed by atoms with Gasteiger partial charge in [-0.25, -0.2) is 0 Å². The lowest BCUT2D eigenvalue weighted by atomic mass is 9.88. The van der Waals surface area contributed by atoms with Gasteiger partial charge in [-0.2, -0.15) is 0 Å². The summed E-state index contributed by atoms with van der Waals surface area (Å²) in [5, 5.41) is 1.61. The first-order valence-corrected chi connectivity index (χ1v) is 9.66. The van der Waals surface area contributed by atoms with Crippen LogP contribution in [-0.4, -0.2) is 36.0 Å². The summed E-state index contributed by atoms with van der Waals surface area (Å²) in [6.45, 7) is 3.45. The number of aryl methyl sites for hydroxylation is 1. The molecule has 1 amide bonds. The minimum Gasteiger partial charge on any atom is -0.496 e. The van der Waals surface area contributed by atoms with E-state index < -0.39 is 0 Å². The monoisotopic (exact) mass is 382 g/mol. The van der Waals surface area contributed by atoms with Crippen LogP contribution in [0.5, 0.6) is 5.75 Å².